The van der Waals surface area contributed by atoms with Crippen molar-refractivity contribution in [2.75, 3.05) is 19.6 Å². The van der Waals surface area contributed by atoms with Crippen molar-refractivity contribution >= 4 is 18.3 Å². The van der Waals surface area contributed by atoms with E-state index >= 15 is 0 Å². The number of likely N-dealkylation sites (N-methyl/N-ethyl adjacent to an activating group) is 1. The van der Waals surface area contributed by atoms with E-state index < -0.39 is 6.10 Å². The lowest BCUT2D eigenvalue weighted by atomic mass is 9.98. The van der Waals surface area contributed by atoms with Gasteiger partial charge in [-0.25, -0.2) is 5.48 Å². The molecule has 0 aliphatic rings. The van der Waals surface area contributed by atoms with E-state index in [9.17, 15) is 9.90 Å². The van der Waals surface area contributed by atoms with Crippen LogP contribution >= 0.6 is 12.4 Å². The van der Waals surface area contributed by atoms with Crippen LogP contribution in [0.25, 0.3) is 11.1 Å². The summed E-state index contributed by atoms with van der Waals surface area (Å²) in [7, 11) is 0. The molecule has 0 bridgehead atoms. The number of benzene rings is 2. The zero-order valence-corrected chi connectivity index (χ0v) is 18.8. The number of amides is 1. The molecule has 0 fully saturated rings. The summed E-state index contributed by atoms with van der Waals surface area (Å²) in [6.45, 7) is 7.66. The number of halogens is 1. The lowest BCUT2D eigenvalue weighted by molar-refractivity contribution is -0.129. The second-order valence-corrected chi connectivity index (χ2v) is 7.39. The molecule has 30 heavy (non-hydrogen) atoms. The minimum atomic E-state index is -0.538. The number of nitrogens with zero attached hydrogens (tertiary/aromatic N) is 1. The Morgan fingerprint density at radius 1 is 0.967 bits per heavy atom. The van der Waals surface area contributed by atoms with Gasteiger partial charge >= 0.3 is 0 Å². The Hall–Kier alpha value is -1.92. The molecule has 0 aliphatic carbocycles. The summed E-state index contributed by atoms with van der Waals surface area (Å²) < 4.78 is 0. The Labute approximate surface area is 186 Å². The molecule has 166 valence electrons. The highest BCUT2D eigenvalue weighted by atomic mass is 35.5. The largest absolute Gasteiger partial charge is 0.388 e. The molecule has 2 aromatic rings. The Morgan fingerprint density at radius 3 is 2.07 bits per heavy atom. The van der Waals surface area contributed by atoms with Crippen molar-refractivity contribution in [1.82, 2.24) is 10.4 Å². The zero-order valence-electron chi connectivity index (χ0n) is 18.0. The molecule has 0 aromatic heterocycles. The van der Waals surface area contributed by atoms with E-state index in [2.05, 4.69) is 43.0 Å². The smallest absolute Gasteiger partial charge is 0.243 e. The van der Waals surface area contributed by atoms with Crippen molar-refractivity contribution in [2.24, 2.45) is 0 Å². The first-order valence-electron chi connectivity index (χ1n) is 10.6. The molecule has 0 spiro atoms. The Balaban J connectivity index is 0.00000450. The van der Waals surface area contributed by atoms with Gasteiger partial charge < -0.3 is 10.0 Å². The number of carbonyl (C=O) groups is 1. The van der Waals surface area contributed by atoms with Crippen LogP contribution in [0.2, 0.25) is 0 Å². The van der Waals surface area contributed by atoms with Gasteiger partial charge in [0.1, 0.15) is 0 Å². The monoisotopic (exact) mass is 434 g/mol. The van der Waals surface area contributed by atoms with E-state index in [-0.39, 0.29) is 24.7 Å². The Kier molecular flexibility index (Phi) is 12.3. The summed E-state index contributed by atoms with van der Waals surface area (Å²) in [4.78, 5) is 13.4. The molecule has 0 aliphatic heterocycles. The molecule has 0 radical (unpaired) electrons. The highest BCUT2D eigenvalue weighted by molar-refractivity contribution is 5.85. The van der Waals surface area contributed by atoms with Gasteiger partial charge in [-0.05, 0) is 54.6 Å². The standard InChI is InChI=1S/C24H34N2O3.ClH/c1-3-26(4-2)18-17-19-9-11-20(12-10-19)21-13-15-22(16-14-21)23(27)7-5-6-8-24(28)25-29;/h9-16,23,27,29H,3-8,17-18H2,1-2H3,(H,25,28);1H. The number of unbranched alkanes of at least 4 members (excludes halogenated alkanes) is 1. The van der Waals surface area contributed by atoms with Gasteiger partial charge in [0.05, 0.1) is 6.10 Å². The van der Waals surface area contributed by atoms with Crippen molar-refractivity contribution in [3.63, 3.8) is 0 Å². The van der Waals surface area contributed by atoms with Crippen LogP contribution in [0.3, 0.4) is 0 Å². The minimum Gasteiger partial charge on any atom is -0.388 e. The Morgan fingerprint density at radius 2 is 1.53 bits per heavy atom. The van der Waals surface area contributed by atoms with Crippen LogP contribution in [0.15, 0.2) is 48.5 Å². The average molecular weight is 435 g/mol. The first-order chi connectivity index (χ1) is 14.1. The minimum absolute atomic E-state index is 0. The summed E-state index contributed by atoms with van der Waals surface area (Å²) in [6.07, 6.45) is 2.76. The lowest BCUT2D eigenvalue weighted by Gasteiger charge is -2.17. The van der Waals surface area contributed by atoms with Crippen molar-refractivity contribution < 1.29 is 15.1 Å². The highest BCUT2D eigenvalue weighted by Gasteiger charge is 2.09. The van der Waals surface area contributed by atoms with E-state index in [0.29, 0.717) is 12.8 Å². The lowest BCUT2D eigenvalue weighted by Crippen LogP contribution is -2.25. The number of hydrogen-bond acceptors (Lipinski definition) is 4. The normalized spacial score (nSPS) is 11.8. The number of hydrogen-bond donors (Lipinski definition) is 3. The number of hydroxylamine groups is 1. The van der Waals surface area contributed by atoms with E-state index in [0.717, 1.165) is 43.6 Å². The summed E-state index contributed by atoms with van der Waals surface area (Å²) in [6, 6.07) is 16.7. The van der Waals surface area contributed by atoms with E-state index in [4.69, 9.17) is 5.21 Å². The molecule has 2 rings (SSSR count). The topological polar surface area (TPSA) is 72.8 Å². The van der Waals surface area contributed by atoms with E-state index in [1.807, 2.05) is 24.3 Å². The van der Waals surface area contributed by atoms with Gasteiger partial charge in [-0.15, -0.1) is 12.4 Å². The summed E-state index contributed by atoms with van der Waals surface area (Å²) in [5.74, 6) is -0.386. The van der Waals surface area contributed by atoms with Crippen LogP contribution in [-0.2, 0) is 11.2 Å². The predicted octanol–water partition coefficient (Wildman–Crippen LogP) is 4.76. The summed E-state index contributed by atoms with van der Waals surface area (Å²) in [5, 5.41) is 18.8. The predicted molar refractivity (Wildman–Crippen MR) is 124 cm³/mol. The van der Waals surface area contributed by atoms with Crippen molar-refractivity contribution in [1.29, 1.82) is 0 Å². The van der Waals surface area contributed by atoms with Crippen molar-refractivity contribution in [3.05, 3.63) is 59.7 Å². The van der Waals surface area contributed by atoms with Gasteiger partial charge in [-0.3, -0.25) is 10.0 Å². The maximum Gasteiger partial charge on any atom is 0.243 e. The van der Waals surface area contributed by atoms with E-state index in [1.165, 1.54) is 11.1 Å². The quantitative estimate of drug-likeness (QED) is 0.256. The molecule has 5 nitrogen and oxygen atoms in total. The van der Waals surface area contributed by atoms with Crippen molar-refractivity contribution in [2.45, 2.75) is 52.1 Å². The van der Waals surface area contributed by atoms with Crippen molar-refractivity contribution in [3.8, 4) is 11.1 Å². The summed E-state index contributed by atoms with van der Waals surface area (Å²) in [5.41, 5.74) is 6.17. The van der Waals surface area contributed by atoms with Gasteiger partial charge in [0.2, 0.25) is 5.91 Å². The maximum atomic E-state index is 11.0. The van der Waals surface area contributed by atoms with Crippen LogP contribution in [-0.4, -0.2) is 40.8 Å². The first-order valence-corrected chi connectivity index (χ1v) is 10.6. The Bertz CT molecular complexity index is 731. The molecule has 2 aromatic carbocycles. The third kappa shape index (κ3) is 8.44. The van der Waals surface area contributed by atoms with Gasteiger partial charge in [0, 0.05) is 13.0 Å². The third-order valence-electron chi connectivity index (χ3n) is 5.45. The van der Waals surface area contributed by atoms with Crippen LogP contribution in [0.1, 0.15) is 56.8 Å². The fourth-order valence-electron chi connectivity index (χ4n) is 3.43. The molecule has 1 atom stereocenters. The second-order valence-electron chi connectivity index (χ2n) is 7.39. The molecule has 3 N–H and O–H groups in total. The molecular formula is C24H35ClN2O3. The molecular weight excluding hydrogens is 400 g/mol. The first kappa shape index (κ1) is 26.1. The number of rotatable bonds is 12. The van der Waals surface area contributed by atoms with Gasteiger partial charge in [0.15, 0.2) is 0 Å². The number of aliphatic hydroxyl groups excluding tert-OH is 1. The molecule has 0 heterocycles. The van der Waals surface area contributed by atoms with Crippen LogP contribution in [0, 0.1) is 0 Å². The number of nitrogens with one attached hydrogen (secondary N) is 1. The molecule has 0 saturated heterocycles. The third-order valence-corrected chi connectivity index (χ3v) is 5.45. The fraction of sp³-hybridized carbons (Fsp3) is 0.458. The number of aliphatic hydroxyl groups is 1. The molecule has 1 amide bonds. The van der Waals surface area contributed by atoms with Gasteiger partial charge in [0.25, 0.3) is 0 Å². The highest BCUT2D eigenvalue weighted by Crippen LogP contribution is 2.25. The molecule has 1 unspecified atom stereocenters. The molecule has 6 heteroatoms. The maximum absolute atomic E-state index is 11.0. The zero-order chi connectivity index (χ0) is 21.1. The van der Waals surface area contributed by atoms with Gasteiger partial charge in [-0.1, -0.05) is 68.8 Å². The van der Waals surface area contributed by atoms with E-state index in [1.54, 1.807) is 5.48 Å². The fourth-order valence-corrected chi connectivity index (χ4v) is 3.43. The molecule has 0 saturated carbocycles. The van der Waals surface area contributed by atoms with Gasteiger partial charge in [-0.2, -0.15) is 0 Å². The summed E-state index contributed by atoms with van der Waals surface area (Å²) >= 11 is 0. The second kappa shape index (κ2) is 14.1. The number of carbonyl (C=O) groups excluding carboxylic acids is 1. The SMILES string of the molecule is CCN(CC)CCc1ccc(-c2ccc(C(O)CCCCC(=O)NO)cc2)cc1.Cl. The van der Waals surface area contributed by atoms with Crippen LogP contribution in [0.5, 0.6) is 0 Å². The van der Waals surface area contributed by atoms with Crippen LogP contribution < -0.4 is 5.48 Å². The van der Waals surface area contributed by atoms with Crippen LogP contribution in [0.4, 0.5) is 0 Å². The average Bonchev–Trinajstić information content (AvgIpc) is 2.77.